The van der Waals surface area contributed by atoms with Gasteiger partial charge >= 0.3 is 0 Å². The Bertz CT molecular complexity index is 3890. The zero-order valence-corrected chi connectivity index (χ0v) is 38.4. The number of hydrogen-bond acceptors (Lipinski definition) is 1. The van der Waals surface area contributed by atoms with E-state index in [1.54, 1.807) is 0 Å². The summed E-state index contributed by atoms with van der Waals surface area (Å²) < 4.78 is 0. The molecule has 1 aliphatic rings. The summed E-state index contributed by atoms with van der Waals surface area (Å²) in [4.78, 5) is 2.52. The molecule has 0 bridgehead atoms. The summed E-state index contributed by atoms with van der Waals surface area (Å²) in [5.74, 6) is 0. The Hall–Kier alpha value is -8.78. The second-order valence-electron chi connectivity index (χ2n) is 18.5. The van der Waals surface area contributed by atoms with Crippen LogP contribution >= 0.6 is 0 Å². The molecule has 0 fully saturated rings. The first-order valence-corrected chi connectivity index (χ1v) is 24.0. The Morgan fingerprint density at radius 3 is 1.58 bits per heavy atom. The van der Waals surface area contributed by atoms with Crippen molar-refractivity contribution in [2.24, 2.45) is 0 Å². The molecule has 0 spiro atoms. The lowest BCUT2D eigenvalue weighted by molar-refractivity contribution is 0.714. The van der Waals surface area contributed by atoms with Crippen molar-refractivity contribution in [3.8, 4) is 55.6 Å². The molecular formula is C68H47N. The fraction of sp³-hybridized carbons (Fsp3) is 0.0294. The van der Waals surface area contributed by atoms with Gasteiger partial charge in [0.05, 0.1) is 11.4 Å². The van der Waals surface area contributed by atoms with E-state index in [1.165, 1.54) is 93.5 Å². The van der Waals surface area contributed by atoms with Gasteiger partial charge < -0.3 is 4.90 Å². The summed E-state index contributed by atoms with van der Waals surface area (Å²) in [6.07, 6.45) is 0. The van der Waals surface area contributed by atoms with Crippen LogP contribution in [0, 0.1) is 0 Å². The molecule has 0 aromatic heterocycles. The number of rotatable bonds is 8. The minimum Gasteiger partial charge on any atom is -0.309 e. The number of fused-ring (bicyclic) bond motifs is 7. The molecule has 13 rings (SSSR count). The molecule has 0 N–H and O–H groups in total. The van der Waals surface area contributed by atoms with Gasteiger partial charge in [-0.3, -0.25) is 0 Å². The lowest BCUT2D eigenvalue weighted by Gasteiger charge is -2.31. The highest BCUT2D eigenvalue weighted by Crippen LogP contribution is 2.57. The summed E-state index contributed by atoms with van der Waals surface area (Å²) >= 11 is 0. The molecule has 0 saturated carbocycles. The van der Waals surface area contributed by atoms with Crippen LogP contribution in [0.15, 0.2) is 267 Å². The predicted molar refractivity (Wildman–Crippen MR) is 293 cm³/mol. The van der Waals surface area contributed by atoms with Crippen LogP contribution < -0.4 is 4.90 Å². The smallest absolute Gasteiger partial charge is 0.0543 e. The maximum atomic E-state index is 2.52. The summed E-state index contributed by atoms with van der Waals surface area (Å²) in [5, 5.41) is 7.45. The van der Waals surface area contributed by atoms with E-state index in [0.29, 0.717) is 0 Å². The van der Waals surface area contributed by atoms with Crippen LogP contribution in [0.1, 0.15) is 23.6 Å². The second kappa shape index (κ2) is 16.5. The zero-order valence-electron chi connectivity index (χ0n) is 38.4. The van der Waals surface area contributed by atoms with Gasteiger partial charge in [-0.2, -0.15) is 0 Å². The van der Waals surface area contributed by atoms with Gasteiger partial charge in [-0.1, -0.05) is 231 Å². The van der Waals surface area contributed by atoms with E-state index in [4.69, 9.17) is 0 Å². The average Bonchev–Trinajstić information content (AvgIpc) is 3.70. The molecule has 1 aliphatic carbocycles. The number of para-hydroxylation sites is 1. The monoisotopic (exact) mass is 877 g/mol. The third kappa shape index (κ3) is 6.61. The zero-order chi connectivity index (χ0) is 45.9. The maximum Gasteiger partial charge on any atom is 0.0543 e. The van der Waals surface area contributed by atoms with E-state index in [1.807, 2.05) is 0 Å². The van der Waals surface area contributed by atoms with E-state index in [0.717, 1.165) is 28.2 Å². The van der Waals surface area contributed by atoms with Crippen LogP contribution in [0.25, 0.3) is 88.0 Å². The van der Waals surface area contributed by atoms with Crippen molar-refractivity contribution in [1.82, 2.24) is 0 Å². The maximum absolute atomic E-state index is 2.52. The van der Waals surface area contributed by atoms with Crippen molar-refractivity contribution in [3.05, 3.63) is 284 Å². The molecule has 69 heavy (non-hydrogen) atoms. The highest BCUT2D eigenvalue weighted by atomic mass is 15.1. The average molecular weight is 878 g/mol. The second-order valence-corrected chi connectivity index (χ2v) is 18.5. The number of nitrogens with zero attached hydrogens (tertiary/aromatic N) is 1. The van der Waals surface area contributed by atoms with Crippen molar-refractivity contribution in [3.63, 3.8) is 0 Å². The van der Waals surface area contributed by atoms with Gasteiger partial charge in [0, 0.05) is 22.2 Å². The quantitative estimate of drug-likeness (QED) is 0.138. The van der Waals surface area contributed by atoms with E-state index in [9.17, 15) is 0 Å². The lowest BCUT2D eigenvalue weighted by atomic mass is 9.74. The van der Waals surface area contributed by atoms with E-state index in [-0.39, 0.29) is 5.41 Å². The van der Waals surface area contributed by atoms with E-state index < -0.39 is 0 Å². The molecule has 1 nitrogen and oxygen atoms in total. The van der Waals surface area contributed by atoms with Crippen molar-refractivity contribution >= 4 is 49.4 Å². The third-order valence-corrected chi connectivity index (χ3v) is 14.7. The topological polar surface area (TPSA) is 3.24 Å². The van der Waals surface area contributed by atoms with Crippen molar-refractivity contribution in [2.75, 3.05) is 4.90 Å². The number of benzene rings is 12. The molecule has 12 aromatic rings. The van der Waals surface area contributed by atoms with Gasteiger partial charge in [0.2, 0.25) is 0 Å². The van der Waals surface area contributed by atoms with Gasteiger partial charge in [0.15, 0.2) is 0 Å². The van der Waals surface area contributed by atoms with Crippen LogP contribution in [0.3, 0.4) is 0 Å². The molecule has 324 valence electrons. The molecule has 1 unspecified atom stereocenters. The van der Waals surface area contributed by atoms with Gasteiger partial charge in [0.1, 0.15) is 0 Å². The van der Waals surface area contributed by atoms with E-state index >= 15 is 0 Å². The molecule has 0 aliphatic heterocycles. The third-order valence-electron chi connectivity index (χ3n) is 14.7. The van der Waals surface area contributed by atoms with Gasteiger partial charge in [-0.15, -0.1) is 0 Å². The van der Waals surface area contributed by atoms with Gasteiger partial charge in [-0.25, -0.2) is 0 Å². The van der Waals surface area contributed by atoms with Crippen molar-refractivity contribution < 1.29 is 0 Å². The number of anilines is 3. The van der Waals surface area contributed by atoms with Crippen LogP contribution in [-0.2, 0) is 5.41 Å². The predicted octanol–water partition coefficient (Wildman–Crippen LogP) is 18.6. The molecular weight excluding hydrogens is 831 g/mol. The summed E-state index contributed by atoms with van der Waals surface area (Å²) in [7, 11) is 0. The summed E-state index contributed by atoms with van der Waals surface area (Å²) in [6, 6.07) is 98.5. The Morgan fingerprint density at radius 1 is 0.290 bits per heavy atom. The Labute approximate surface area is 403 Å². The summed E-state index contributed by atoms with van der Waals surface area (Å²) in [5.41, 5.74) is 19.0. The first-order valence-electron chi connectivity index (χ1n) is 24.0. The molecule has 0 radical (unpaired) electrons. The van der Waals surface area contributed by atoms with Crippen LogP contribution in [0.5, 0.6) is 0 Å². The molecule has 1 heteroatoms. The van der Waals surface area contributed by atoms with Gasteiger partial charge in [-0.05, 0) is 137 Å². The first kappa shape index (κ1) is 40.5. The normalized spacial score (nSPS) is 13.9. The minimum atomic E-state index is -0.347. The molecule has 0 amide bonds. The van der Waals surface area contributed by atoms with Crippen LogP contribution in [0.4, 0.5) is 17.1 Å². The highest BCUT2D eigenvalue weighted by molar-refractivity contribution is 6.22. The van der Waals surface area contributed by atoms with Gasteiger partial charge in [0.25, 0.3) is 0 Å². The SMILES string of the molecule is CC1(c2ccccc2)c2ccccc2-c2c(N(c3ccc(-c4ccc5ccccc5c4)cc3)c3ccccc3-c3ccc4c(c3)c(-c3ccccc3)c(-c3ccccc3)c3ccccc34)cccc21. The highest BCUT2D eigenvalue weighted by Gasteiger charge is 2.42. The molecule has 0 heterocycles. The Kier molecular flexibility index (Phi) is 9.70. The standard InChI is InChI=1S/C68H47N/c1-68(53-26-9-4-10-27-53)61-32-17-15-31-59(61)67-62(68)33-19-35-64(67)69(54-41-38-47(39-42-54)51-37-36-46-20-11-12-25-50(46)44-51)63-34-18-16-28-55(63)52-40-43-57-56-29-13-14-30-58(56)65(48-21-5-2-6-22-48)66(60(57)45-52)49-23-7-3-8-24-49/h2-45H,1H3. The number of hydrogen-bond donors (Lipinski definition) is 0. The van der Waals surface area contributed by atoms with E-state index in [2.05, 4.69) is 279 Å². The molecule has 1 atom stereocenters. The van der Waals surface area contributed by atoms with Crippen LogP contribution in [0.2, 0.25) is 0 Å². The lowest BCUT2D eigenvalue weighted by Crippen LogP contribution is -2.22. The minimum absolute atomic E-state index is 0.347. The largest absolute Gasteiger partial charge is 0.309 e. The Balaban J connectivity index is 1.06. The molecule has 0 saturated heterocycles. The molecule has 12 aromatic carbocycles. The summed E-state index contributed by atoms with van der Waals surface area (Å²) in [6.45, 7) is 2.40. The Morgan fingerprint density at radius 2 is 0.826 bits per heavy atom. The first-order chi connectivity index (χ1) is 34.1. The van der Waals surface area contributed by atoms with Crippen molar-refractivity contribution in [1.29, 1.82) is 0 Å². The van der Waals surface area contributed by atoms with Crippen LogP contribution in [-0.4, -0.2) is 0 Å². The fourth-order valence-corrected chi connectivity index (χ4v) is 11.5. The fourth-order valence-electron chi connectivity index (χ4n) is 11.5. The van der Waals surface area contributed by atoms with Crippen molar-refractivity contribution in [2.45, 2.75) is 12.3 Å².